The van der Waals surface area contributed by atoms with E-state index in [2.05, 4.69) is 35.4 Å². The average molecular weight is 424 g/mol. The van der Waals surface area contributed by atoms with Crippen LogP contribution in [-0.2, 0) is 12.8 Å². The van der Waals surface area contributed by atoms with Gasteiger partial charge in [-0.2, -0.15) is 9.78 Å². The van der Waals surface area contributed by atoms with Crippen molar-refractivity contribution in [2.45, 2.75) is 32.6 Å². The van der Waals surface area contributed by atoms with Crippen LogP contribution in [0.25, 0.3) is 31.8 Å². The van der Waals surface area contributed by atoms with E-state index in [4.69, 9.17) is 4.98 Å². The number of hydrogen-bond donors (Lipinski definition) is 0. The largest absolute Gasteiger partial charge is 0.283 e. The minimum atomic E-state index is -0.0531. The first-order valence-corrected chi connectivity index (χ1v) is 11.5. The molecule has 152 valence electrons. The van der Waals surface area contributed by atoms with Gasteiger partial charge in [0.1, 0.15) is 10.7 Å². The summed E-state index contributed by atoms with van der Waals surface area (Å²) in [6, 6.07) is 18.8. The van der Waals surface area contributed by atoms with Gasteiger partial charge in [-0.3, -0.25) is 4.79 Å². The summed E-state index contributed by atoms with van der Waals surface area (Å²) in [6.45, 7) is 1.86. The third-order valence-corrected chi connectivity index (χ3v) is 7.43. The van der Waals surface area contributed by atoms with Gasteiger partial charge in [-0.25, -0.2) is 4.98 Å². The van der Waals surface area contributed by atoms with Gasteiger partial charge in [-0.1, -0.05) is 48.5 Å². The Morgan fingerprint density at radius 3 is 2.42 bits per heavy atom. The first-order chi connectivity index (χ1) is 15.2. The Bertz CT molecular complexity index is 1520. The first-order valence-electron chi connectivity index (χ1n) is 10.7. The SMILES string of the molecule is Cc1nc2sc3c(c2c(=O)n1N=Cc1c2ccccc2cc2ccccc12)CCCC3. The van der Waals surface area contributed by atoms with Crippen molar-refractivity contribution in [1.29, 1.82) is 0 Å². The molecule has 2 aromatic heterocycles. The van der Waals surface area contributed by atoms with Gasteiger partial charge in [0.2, 0.25) is 0 Å². The molecule has 5 heteroatoms. The van der Waals surface area contributed by atoms with Gasteiger partial charge in [0.15, 0.2) is 0 Å². The second kappa shape index (κ2) is 7.13. The van der Waals surface area contributed by atoms with E-state index in [1.807, 2.05) is 37.4 Å². The average Bonchev–Trinajstić information content (AvgIpc) is 3.16. The summed E-state index contributed by atoms with van der Waals surface area (Å²) in [6.07, 6.45) is 6.18. The van der Waals surface area contributed by atoms with Crippen LogP contribution in [-0.4, -0.2) is 15.9 Å². The highest BCUT2D eigenvalue weighted by Gasteiger charge is 2.21. The molecule has 0 saturated heterocycles. The topological polar surface area (TPSA) is 47.2 Å². The summed E-state index contributed by atoms with van der Waals surface area (Å²) in [5.41, 5.74) is 2.17. The summed E-state index contributed by atoms with van der Waals surface area (Å²) in [5, 5.41) is 10.0. The molecule has 0 radical (unpaired) electrons. The van der Waals surface area contributed by atoms with Crippen molar-refractivity contribution < 1.29 is 0 Å². The van der Waals surface area contributed by atoms with Gasteiger partial charge >= 0.3 is 0 Å². The molecule has 6 rings (SSSR count). The number of aryl methyl sites for hydroxylation is 3. The van der Waals surface area contributed by atoms with Crippen LogP contribution in [0, 0.1) is 6.92 Å². The molecule has 3 aromatic carbocycles. The van der Waals surface area contributed by atoms with E-state index in [9.17, 15) is 4.79 Å². The zero-order chi connectivity index (χ0) is 20.9. The summed E-state index contributed by atoms with van der Waals surface area (Å²) in [7, 11) is 0. The Morgan fingerprint density at radius 2 is 1.68 bits per heavy atom. The highest BCUT2D eigenvalue weighted by Crippen LogP contribution is 2.34. The number of benzene rings is 3. The zero-order valence-electron chi connectivity index (χ0n) is 17.3. The lowest BCUT2D eigenvalue weighted by Gasteiger charge is -2.10. The van der Waals surface area contributed by atoms with Crippen molar-refractivity contribution in [2.75, 3.05) is 0 Å². The fourth-order valence-corrected chi connectivity index (χ4v) is 6.03. The number of rotatable bonds is 2. The van der Waals surface area contributed by atoms with Gasteiger partial charge in [0.25, 0.3) is 5.56 Å². The van der Waals surface area contributed by atoms with Gasteiger partial charge in [-0.15, -0.1) is 11.3 Å². The Kier molecular flexibility index (Phi) is 4.25. The van der Waals surface area contributed by atoms with E-state index in [1.165, 1.54) is 21.5 Å². The summed E-state index contributed by atoms with van der Waals surface area (Å²) in [4.78, 5) is 20.4. The lowest BCUT2D eigenvalue weighted by atomic mass is 9.97. The molecule has 5 aromatic rings. The first kappa shape index (κ1) is 18.5. The number of aromatic nitrogens is 2. The molecule has 1 aliphatic rings. The van der Waals surface area contributed by atoms with Gasteiger partial charge < -0.3 is 0 Å². The highest BCUT2D eigenvalue weighted by atomic mass is 32.1. The summed E-state index contributed by atoms with van der Waals surface area (Å²) >= 11 is 1.68. The van der Waals surface area contributed by atoms with Crippen molar-refractivity contribution in [3.05, 3.63) is 86.8 Å². The van der Waals surface area contributed by atoms with Crippen LogP contribution < -0.4 is 5.56 Å². The maximum atomic E-state index is 13.4. The molecule has 0 fully saturated rings. The third-order valence-electron chi connectivity index (χ3n) is 6.24. The molecular formula is C26H21N3OS. The van der Waals surface area contributed by atoms with Crippen LogP contribution >= 0.6 is 11.3 Å². The Morgan fingerprint density at radius 1 is 1.00 bits per heavy atom. The number of hydrogen-bond acceptors (Lipinski definition) is 4. The predicted octanol–water partition coefficient (Wildman–Crippen LogP) is 5.83. The van der Waals surface area contributed by atoms with Crippen molar-refractivity contribution in [1.82, 2.24) is 9.66 Å². The molecule has 0 amide bonds. The zero-order valence-corrected chi connectivity index (χ0v) is 18.1. The second-order valence-electron chi connectivity index (χ2n) is 8.14. The van der Waals surface area contributed by atoms with Gasteiger partial charge in [-0.05, 0) is 65.8 Å². The highest BCUT2D eigenvalue weighted by molar-refractivity contribution is 7.18. The summed E-state index contributed by atoms with van der Waals surface area (Å²) in [5.74, 6) is 0.622. The monoisotopic (exact) mass is 423 g/mol. The lowest BCUT2D eigenvalue weighted by molar-refractivity contribution is 0.698. The van der Waals surface area contributed by atoms with Crippen LogP contribution in [0.3, 0.4) is 0 Å². The molecule has 4 nitrogen and oxygen atoms in total. The van der Waals surface area contributed by atoms with Crippen molar-refractivity contribution in [3.63, 3.8) is 0 Å². The van der Waals surface area contributed by atoms with Crippen LogP contribution in [0.2, 0.25) is 0 Å². The Balaban J connectivity index is 1.58. The number of nitrogens with zero attached hydrogens (tertiary/aromatic N) is 3. The molecule has 0 atom stereocenters. The van der Waals surface area contributed by atoms with Crippen molar-refractivity contribution >= 4 is 49.3 Å². The van der Waals surface area contributed by atoms with E-state index in [0.717, 1.165) is 56.6 Å². The molecule has 0 aliphatic heterocycles. The van der Waals surface area contributed by atoms with Crippen LogP contribution in [0.5, 0.6) is 0 Å². The number of fused-ring (bicyclic) bond motifs is 5. The molecule has 31 heavy (non-hydrogen) atoms. The Hall–Kier alpha value is -3.31. The van der Waals surface area contributed by atoms with Crippen molar-refractivity contribution in [3.8, 4) is 0 Å². The molecule has 0 bridgehead atoms. The molecule has 0 saturated carbocycles. The Labute approximate surface area is 183 Å². The molecule has 2 heterocycles. The van der Waals surface area contributed by atoms with Crippen LogP contribution in [0.15, 0.2) is 64.5 Å². The maximum Gasteiger partial charge on any atom is 0.283 e. The standard InChI is InChI=1S/C26H21N3OS/c1-16-28-25-24(21-12-6-7-13-23(21)31-25)26(30)29(16)27-15-22-19-10-4-2-8-17(19)14-18-9-3-5-11-20(18)22/h2-5,8-11,14-15H,6-7,12-13H2,1H3. The minimum Gasteiger partial charge on any atom is -0.267 e. The van der Waals surface area contributed by atoms with Gasteiger partial charge in [0, 0.05) is 10.4 Å². The lowest BCUT2D eigenvalue weighted by Crippen LogP contribution is -2.21. The molecule has 0 spiro atoms. The fraction of sp³-hybridized carbons (Fsp3) is 0.192. The molecular weight excluding hydrogens is 402 g/mol. The van der Waals surface area contributed by atoms with E-state index in [0.29, 0.717) is 5.82 Å². The van der Waals surface area contributed by atoms with Crippen LogP contribution in [0.4, 0.5) is 0 Å². The summed E-state index contributed by atoms with van der Waals surface area (Å²) < 4.78 is 1.47. The van der Waals surface area contributed by atoms with E-state index in [1.54, 1.807) is 11.3 Å². The predicted molar refractivity (Wildman–Crippen MR) is 130 cm³/mol. The molecule has 0 unspecified atom stereocenters. The fourth-order valence-electron chi connectivity index (χ4n) is 4.74. The molecule has 0 N–H and O–H groups in total. The molecule has 1 aliphatic carbocycles. The third kappa shape index (κ3) is 2.92. The second-order valence-corrected chi connectivity index (χ2v) is 9.23. The van der Waals surface area contributed by atoms with E-state index in [-0.39, 0.29) is 5.56 Å². The minimum absolute atomic E-state index is 0.0531. The number of thiophene rings is 1. The van der Waals surface area contributed by atoms with E-state index < -0.39 is 0 Å². The van der Waals surface area contributed by atoms with Crippen LogP contribution in [0.1, 0.15) is 34.7 Å². The van der Waals surface area contributed by atoms with Gasteiger partial charge in [0.05, 0.1) is 11.6 Å². The normalized spacial score (nSPS) is 14.1. The quantitative estimate of drug-likeness (QED) is 0.265. The van der Waals surface area contributed by atoms with Crippen molar-refractivity contribution in [2.24, 2.45) is 5.10 Å². The van der Waals surface area contributed by atoms with E-state index >= 15 is 0 Å². The smallest absolute Gasteiger partial charge is 0.267 e. The maximum absolute atomic E-state index is 13.4.